The van der Waals surface area contributed by atoms with E-state index in [1.807, 2.05) is 12.1 Å². The van der Waals surface area contributed by atoms with Crippen molar-refractivity contribution in [2.45, 2.75) is 31.8 Å². The molecule has 2 rings (SSSR count). The van der Waals surface area contributed by atoms with E-state index < -0.39 is 0 Å². The molecule has 0 radical (unpaired) electrons. The van der Waals surface area contributed by atoms with E-state index in [9.17, 15) is 0 Å². The number of ether oxygens (including phenoxy) is 1. The third-order valence-electron chi connectivity index (χ3n) is 3.04. The minimum Gasteiger partial charge on any atom is -0.481 e. The number of hydrogen-bond donors (Lipinski definition) is 2. The van der Waals surface area contributed by atoms with Crippen LogP contribution in [0.4, 0.5) is 0 Å². The summed E-state index contributed by atoms with van der Waals surface area (Å²) < 4.78 is 5.25. The van der Waals surface area contributed by atoms with Crippen molar-refractivity contribution in [3.8, 4) is 5.88 Å². The number of pyridine rings is 1. The van der Waals surface area contributed by atoms with Gasteiger partial charge in [-0.15, -0.1) is 0 Å². The Morgan fingerprint density at radius 1 is 1.50 bits per heavy atom. The molecule has 2 heterocycles. The van der Waals surface area contributed by atoms with Gasteiger partial charge < -0.3 is 15.8 Å². The summed E-state index contributed by atoms with van der Waals surface area (Å²) in [5, 5.41) is 3.47. The Kier molecular flexibility index (Phi) is 3.74. The summed E-state index contributed by atoms with van der Waals surface area (Å²) in [5.41, 5.74) is 7.64. The highest BCUT2D eigenvalue weighted by Crippen LogP contribution is 2.24. The van der Waals surface area contributed by atoms with E-state index in [1.54, 1.807) is 7.11 Å². The lowest BCUT2D eigenvalue weighted by molar-refractivity contribution is 0.375. The molecule has 1 atom stereocenters. The van der Waals surface area contributed by atoms with Crippen LogP contribution in [0.5, 0.6) is 5.88 Å². The summed E-state index contributed by atoms with van der Waals surface area (Å²) in [5.74, 6) is 0.660. The summed E-state index contributed by atoms with van der Waals surface area (Å²) in [4.78, 5) is 4.52. The molecule has 0 aliphatic carbocycles. The van der Waals surface area contributed by atoms with Gasteiger partial charge in [-0.25, -0.2) is 4.98 Å². The minimum atomic E-state index is 0.370. The van der Waals surface area contributed by atoms with Crippen LogP contribution < -0.4 is 15.8 Å². The number of nitrogens with zero attached hydrogens (tertiary/aromatic N) is 1. The largest absolute Gasteiger partial charge is 0.481 e. The molecule has 3 N–H and O–H groups in total. The van der Waals surface area contributed by atoms with E-state index >= 15 is 0 Å². The van der Waals surface area contributed by atoms with Gasteiger partial charge in [0.1, 0.15) is 0 Å². The predicted octanol–water partition coefficient (Wildman–Crippen LogP) is 1.36. The third-order valence-corrected chi connectivity index (χ3v) is 3.04. The molecule has 0 amide bonds. The third kappa shape index (κ3) is 2.33. The van der Waals surface area contributed by atoms with E-state index in [0.29, 0.717) is 18.5 Å². The van der Waals surface area contributed by atoms with Gasteiger partial charge in [0.15, 0.2) is 0 Å². The molecule has 0 spiro atoms. The van der Waals surface area contributed by atoms with Crippen molar-refractivity contribution in [2.24, 2.45) is 5.73 Å². The summed E-state index contributed by atoms with van der Waals surface area (Å²) in [6.07, 6.45) is 3.67. The normalized spacial score (nSPS) is 20.8. The molecule has 1 aliphatic rings. The molecule has 1 aromatic rings. The predicted molar refractivity (Wildman–Crippen MR) is 63.3 cm³/mol. The Balaban J connectivity index is 2.20. The second-order valence-corrected chi connectivity index (χ2v) is 4.11. The van der Waals surface area contributed by atoms with Gasteiger partial charge in [-0.2, -0.15) is 0 Å². The molecule has 0 bridgehead atoms. The average molecular weight is 221 g/mol. The zero-order chi connectivity index (χ0) is 11.4. The highest BCUT2D eigenvalue weighted by Gasteiger charge is 2.17. The highest BCUT2D eigenvalue weighted by molar-refractivity contribution is 5.29. The molecular weight excluding hydrogens is 202 g/mol. The van der Waals surface area contributed by atoms with E-state index in [-0.39, 0.29) is 0 Å². The lowest BCUT2D eigenvalue weighted by atomic mass is 10.0. The van der Waals surface area contributed by atoms with E-state index in [0.717, 1.165) is 24.2 Å². The van der Waals surface area contributed by atoms with Crippen molar-refractivity contribution >= 4 is 0 Å². The SMILES string of the molecule is COc1nc(C2CCCCN2)ccc1CN. The van der Waals surface area contributed by atoms with Crippen molar-refractivity contribution in [1.29, 1.82) is 0 Å². The standard InChI is InChI=1S/C12H19N3O/c1-16-12-9(8-13)5-6-11(15-12)10-4-2-3-7-14-10/h5-6,10,14H,2-4,7-8,13H2,1H3. The van der Waals surface area contributed by atoms with Crippen LogP contribution in [-0.4, -0.2) is 18.6 Å². The highest BCUT2D eigenvalue weighted by atomic mass is 16.5. The van der Waals surface area contributed by atoms with Gasteiger partial charge in [-0.3, -0.25) is 0 Å². The zero-order valence-electron chi connectivity index (χ0n) is 9.70. The molecule has 1 unspecified atom stereocenters. The van der Waals surface area contributed by atoms with Crippen LogP contribution in [0.15, 0.2) is 12.1 Å². The first-order valence-corrected chi connectivity index (χ1v) is 5.82. The Morgan fingerprint density at radius 2 is 2.38 bits per heavy atom. The van der Waals surface area contributed by atoms with Gasteiger partial charge in [-0.1, -0.05) is 12.5 Å². The second kappa shape index (κ2) is 5.27. The molecule has 1 saturated heterocycles. The number of aromatic nitrogens is 1. The number of methoxy groups -OCH3 is 1. The number of nitrogens with two attached hydrogens (primary N) is 1. The van der Waals surface area contributed by atoms with Crippen LogP contribution >= 0.6 is 0 Å². The van der Waals surface area contributed by atoms with Crippen LogP contribution in [0.2, 0.25) is 0 Å². The topological polar surface area (TPSA) is 60.2 Å². The summed E-state index contributed by atoms with van der Waals surface area (Å²) in [6, 6.07) is 4.43. The summed E-state index contributed by atoms with van der Waals surface area (Å²) in [7, 11) is 1.64. The molecule has 16 heavy (non-hydrogen) atoms. The van der Waals surface area contributed by atoms with Gasteiger partial charge in [0.05, 0.1) is 12.8 Å². The average Bonchev–Trinajstić information content (AvgIpc) is 2.39. The van der Waals surface area contributed by atoms with E-state index in [1.165, 1.54) is 12.8 Å². The maximum Gasteiger partial charge on any atom is 0.217 e. The van der Waals surface area contributed by atoms with Gasteiger partial charge in [0.25, 0.3) is 0 Å². The van der Waals surface area contributed by atoms with Crippen LogP contribution in [0.1, 0.15) is 36.6 Å². The van der Waals surface area contributed by atoms with Crippen molar-refractivity contribution in [2.75, 3.05) is 13.7 Å². The molecule has 4 heteroatoms. The van der Waals surface area contributed by atoms with Crippen LogP contribution in [0, 0.1) is 0 Å². The van der Waals surface area contributed by atoms with Crippen LogP contribution in [0.3, 0.4) is 0 Å². The Bertz CT molecular complexity index is 348. The molecule has 0 aromatic carbocycles. The van der Waals surface area contributed by atoms with Crippen molar-refractivity contribution in [3.05, 3.63) is 23.4 Å². The monoisotopic (exact) mass is 221 g/mol. The van der Waals surface area contributed by atoms with Crippen LogP contribution in [-0.2, 0) is 6.54 Å². The summed E-state index contributed by atoms with van der Waals surface area (Å²) in [6.45, 7) is 1.54. The van der Waals surface area contributed by atoms with Crippen molar-refractivity contribution in [1.82, 2.24) is 10.3 Å². The lowest BCUT2D eigenvalue weighted by Crippen LogP contribution is -2.27. The quantitative estimate of drug-likeness (QED) is 0.809. The molecular formula is C12H19N3O. The Hall–Kier alpha value is -1.13. The zero-order valence-corrected chi connectivity index (χ0v) is 9.70. The van der Waals surface area contributed by atoms with Crippen molar-refractivity contribution in [3.63, 3.8) is 0 Å². The van der Waals surface area contributed by atoms with Crippen molar-refractivity contribution < 1.29 is 4.74 Å². The van der Waals surface area contributed by atoms with Gasteiger partial charge >= 0.3 is 0 Å². The Morgan fingerprint density at radius 3 is 3.00 bits per heavy atom. The van der Waals surface area contributed by atoms with Gasteiger partial charge in [0.2, 0.25) is 5.88 Å². The summed E-state index contributed by atoms with van der Waals surface area (Å²) >= 11 is 0. The first kappa shape index (κ1) is 11.4. The maximum atomic E-state index is 5.62. The maximum absolute atomic E-state index is 5.62. The minimum absolute atomic E-state index is 0.370. The fraction of sp³-hybridized carbons (Fsp3) is 0.583. The lowest BCUT2D eigenvalue weighted by Gasteiger charge is -2.23. The van der Waals surface area contributed by atoms with E-state index in [4.69, 9.17) is 10.5 Å². The number of nitrogens with one attached hydrogen (secondary N) is 1. The number of hydrogen-bond acceptors (Lipinski definition) is 4. The second-order valence-electron chi connectivity index (χ2n) is 4.11. The molecule has 1 fully saturated rings. The molecule has 1 aromatic heterocycles. The number of rotatable bonds is 3. The van der Waals surface area contributed by atoms with Gasteiger partial charge in [0, 0.05) is 18.2 Å². The molecule has 1 aliphatic heterocycles. The molecule has 4 nitrogen and oxygen atoms in total. The molecule has 88 valence electrons. The van der Waals surface area contributed by atoms with Crippen LogP contribution in [0.25, 0.3) is 0 Å². The smallest absolute Gasteiger partial charge is 0.217 e. The molecule has 0 saturated carbocycles. The first-order chi connectivity index (χ1) is 7.85. The van der Waals surface area contributed by atoms with Gasteiger partial charge in [-0.05, 0) is 25.5 Å². The Labute approximate surface area is 96.2 Å². The fourth-order valence-corrected chi connectivity index (χ4v) is 2.11. The number of piperidine rings is 1. The first-order valence-electron chi connectivity index (χ1n) is 5.82. The van der Waals surface area contributed by atoms with E-state index in [2.05, 4.69) is 10.3 Å². The fourth-order valence-electron chi connectivity index (χ4n) is 2.11.